The molecule has 0 radical (unpaired) electrons. The van der Waals surface area contributed by atoms with Crippen molar-refractivity contribution in [3.05, 3.63) is 56.1 Å². The molecule has 1 atom stereocenters. The lowest BCUT2D eigenvalue weighted by Crippen LogP contribution is -2.25. The van der Waals surface area contributed by atoms with Crippen molar-refractivity contribution in [1.82, 2.24) is 4.98 Å². The van der Waals surface area contributed by atoms with Gasteiger partial charge < -0.3 is 9.64 Å². The second-order valence-corrected chi connectivity index (χ2v) is 6.54. The zero-order valence-electron chi connectivity index (χ0n) is 12.0. The van der Waals surface area contributed by atoms with Crippen molar-refractivity contribution in [3.8, 4) is 5.75 Å². The van der Waals surface area contributed by atoms with Crippen LogP contribution in [0.2, 0.25) is 5.02 Å². The highest BCUT2D eigenvalue weighted by atomic mass is 79.9. The van der Waals surface area contributed by atoms with Crippen LogP contribution in [0.4, 0.5) is 11.5 Å². The van der Waals surface area contributed by atoms with Gasteiger partial charge >= 0.3 is 5.69 Å². The van der Waals surface area contributed by atoms with Crippen LogP contribution in [0, 0.1) is 10.1 Å². The van der Waals surface area contributed by atoms with Gasteiger partial charge in [0.15, 0.2) is 0 Å². The van der Waals surface area contributed by atoms with Gasteiger partial charge in [-0.05, 0) is 34.1 Å². The van der Waals surface area contributed by atoms with Crippen molar-refractivity contribution in [2.75, 3.05) is 18.0 Å². The van der Waals surface area contributed by atoms with Gasteiger partial charge in [-0.1, -0.05) is 17.7 Å². The minimum atomic E-state index is -0.418. The summed E-state index contributed by atoms with van der Waals surface area (Å²) in [6.45, 7) is 1.20. The van der Waals surface area contributed by atoms with Gasteiger partial charge in [-0.15, -0.1) is 0 Å². The quantitative estimate of drug-likeness (QED) is 0.574. The minimum Gasteiger partial charge on any atom is -0.488 e. The van der Waals surface area contributed by atoms with E-state index in [-0.39, 0.29) is 11.8 Å². The Hall–Kier alpha value is -1.86. The molecule has 1 aromatic heterocycles. The monoisotopic (exact) mass is 397 g/mol. The standard InChI is InChI=1S/C15H13BrClN3O3/c16-10-6-14(20(21)22)15(18-8-10)19-5-4-13(9-19)23-12-3-1-2-11(17)7-12/h1-3,6-8,13H,4-5,9H2. The molecule has 3 rings (SSSR count). The molecule has 0 saturated carbocycles. The van der Waals surface area contributed by atoms with Gasteiger partial charge in [-0.25, -0.2) is 4.98 Å². The highest BCUT2D eigenvalue weighted by Crippen LogP contribution is 2.31. The van der Waals surface area contributed by atoms with Gasteiger partial charge in [0.1, 0.15) is 11.9 Å². The molecule has 1 aliphatic heterocycles. The fraction of sp³-hybridized carbons (Fsp3) is 0.267. The first-order chi connectivity index (χ1) is 11.0. The maximum Gasteiger partial charge on any atom is 0.312 e. The SMILES string of the molecule is O=[N+]([O-])c1cc(Br)cnc1N1CCC(Oc2cccc(Cl)c2)C1. The van der Waals surface area contributed by atoms with E-state index in [1.54, 1.807) is 18.3 Å². The Morgan fingerprint density at radius 3 is 3.00 bits per heavy atom. The first-order valence-corrected chi connectivity index (χ1v) is 8.17. The smallest absolute Gasteiger partial charge is 0.312 e. The summed E-state index contributed by atoms with van der Waals surface area (Å²) in [6, 6.07) is 8.67. The predicted octanol–water partition coefficient (Wildman–Crippen LogP) is 4.06. The van der Waals surface area contributed by atoms with Gasteiger partial charge in [0.2, 0.25) is 5.82 Å². The molecule has 6 nitrogen and oxygen atoms in total. The van der Waals surface area contributed by atoms with E-state index in [9.17, 15) is 10.1 Å². The maximum atomic E-state index is 11.2. The normalized spacial score (nSPS) is 17.3. The Morgan fingerprint density at radius 2 is 2.26 bits per heavy atom. The molecule has 0 spiro atoms. The lowest BCUT2D eigenvalue weighted by atomic mass is 10.3. The summed E-state index contributed by atoms with van der Waals surface area (Å²) < 4.78 is 6.48. The van der Waals surface area contributed by atoms with Gasteiger partial charge in [0, 0.05) is 34.7 Å². The summed E-state index contributed by atoms with van der Waals surface area (Å²) in [7, 11) is 0. The fourth-order valence-electron chi connectivity index (χ4n) is 2.55. The van der Waals surface area contributed by atoms with E-state index >= 15 is 0 Å². The molecule has 120 valence electrons. The zero-order valence-corrected chi connectivity index (χ0v) is 14.3. The Labute approximate surface area is 146 Å². The molecular weight excluding hydrogens is 386 g/mol. The first-order valence-electron chi connectivity index (χ1n) is 7.00. The highest BCUT2D eigenvalue weighted by molar-refractivity contribution is 9.10. The molecule has 1 aliphatic rings. The van der Waals surface area contributed by atoms with Crippen LogP contribution in [0.3, 0.4) is 0 Å². The van der Waals surface area contributed by atoms with Gasteiger partial charge in [0.05, 0.1) is 11.5 Å². The summed E-state index contributed by atoms with van der Waals surface area (Å²) >= 11 is 9.16. The molecule has 1 saturated heterocycles. The fourth-order valence-corrected chi connectivity index (χ4v) is 3.05. The lowest BCUT2D eigenvalue weighted by Gasteiger charge is -2.18. The summed E-state index contributed by atoms with van der Waals surface area (Å²) in [5, 5.41) is 11.8. The van der Waals surface area contributed by atoms with Crippen molar-refractivity contribution in [3.63, 3.8) is 0 Å². The Kier molecular flexibility index (Phi) is 4.68. The number of hydrogen-bond donors (Lipinski definition) is 0. The molecule has 8 heteroatoms. The van der Waals surface area contributed by atoms with Crippen LogP contribution in [0.15, 0.2) is 41.0 Å². The number of aromatic nitrogens is 1. The van der Waals surface area contributed by atoms with Gasteiger partial charge in [-0.3, -0.25) is 10.1 Å². The molecule has 0 aliphatic carbocycles. The van der Waals surface area contributed by atoms with E-state index in [1.165, 1.54) is 6.07 Å². The van der Waals surface area contributed by atoms with E-state index in [2.05, 4.69) is 20.9 Å². The second kappa shape index (κ2) is 6.72. The van der Waals surface area contributed by atoms with Crippen LogP contribution in [0.25, 0.3) is 0 Å². The highest BCUT2D eigenvalue weighted by Gasteiger charge is 2.30. The average Bonchev–Trinajstić information content (AvgIpc) is 2.95. The van der Waals surface area contributed by atoms with Crippen molar-refractivity contribution in [2.24, 2.45) is 0 Å². The Balaban J connectivity index is 1.74. The van der Waals surface area contributed by atoms with Crippen molar-refractivity contribution < 1.29 is 9.66 Å². The van der Waals surface area contributed by atoms with Gasteiger partial charge in [-0.2, -0.15) is 0 Å². The first kappa shape index (κ1) is 16.0. The summed E-state index contributed by atoms with van der Waals surface area (Å²) in [4.78, 5) is 16.9. The van der Waals surface area contributed by atoms with Crippen molar-refractivity contribution in [2.45, 2.75) is 12.5 Å². The number of nitro groups is 1. The molecule has 0 amide bonds. The molecule has 1 unspecified atom stereocenters. The number of pyridine rings is 1. The summed E-state index contributed by atoms with van der Waals surface area (Å²) in [5.41, 5.74) is -0.0113. The molecular formula is C15H13BrClN3O3. The van der Waals surface area contributed by atoms with Crippen LogP contribution in [-0.4, -0.2) is 29.1 Å². The lowest BCUT2D eigenvalue weighted by molar-refractivity contribution is -0.384. The van der Waals surface area contributed by atoms with E-state index in [1.807, 2.05) is 17.0 Å². The third-order valence-corrected chi connectivity index (χ3v) is 4.22. The van der Waals surface area contributed by atoms with Crippen LogP contribution < -0.4 is 9.64 Å². The topological polar surface area (TPSA) is 68.5 Å². The Morgan fingerprint density at radius 1 is 1.43 bits per heavy atom. The van der Waals surface area contributed by atoms with E-state index < -0.39 is 4.92 Å². The predicted molar refractivity (Wildman–Crippen MR) is 91.3 cm³/mol. The Bertz CT molecular complexity index is 744. The third-order valence-electron chi connectivity index (χ3n) is 3.55. The van der Waals surface area contributed by atoms with E-state index in [4.69, 9.17) is 16.3 Å². The average molecular weight is 399 g/mol. The largest absolute Gasteiger partial charge is 0.488 e. The molecule has 23 heavy (non-hydrogen) atoms. The molecule has 2 heterocycles. The van der Waals surface area contributed by atoms with E-state index in [0.717, 1.165) is 6.42 Å². The zero-order chi connectivity index (χ0) is 16.4. The van der Waals surface area contributed by atoms with Crippen LogP contribution in [0.5, 0.6) is 5.75 Å². The molecule has 0 N–H and O–H groups in total. The number of anilines is 1. The van der Waals surface area contributed by atoms with Crippen molar-refractivity contribution >= 4 is 39.0 Å². The minimum absolute atomic E-state index is 0.0113. The van der Waals surface area contributed by atoms with Crippen molar-refractivity contribution in [1.29, 1.82) is 0 Å². The number of ether oxygens (including phenoxy) is 1. The van der Waals surface area contributed by atoms with Crippen LogP contribution >= 0.6 is 27.5 Å². The summed E-state index contributed by atoms with van der Waals surface area (Å²) in [5.74, 6) is 1.07. The third kappa shape index (κ3) is 3.73. The van der Waals surface area contributed by atoms with Gasteiger partial charge in [0.25, 0.3) is 0 Å². The number of nitrogens with zero attached hydrogens (tertiary/aromatic N) is 3. The number of benzene rings is 1. The molecule has 0 bridgehead atoms. The van der Waals surface area contributed by atoms with Crippen LogP contribution in [0.1, 0.15) is 6.42 Å². The number of rotatable bonds is 4. The second-order valence-electron chi connectivity index (χ2n) is 5.19. The van der Waals surface area contributed by atoms with E-state index in [0.29, 0.717) is 34.2 Å². The number of halogens is 2. The molecule has 1 aromatic carbocycles. The summed E-state index contributed by atoms with van der Waals surface area (Å²) in [6.07, 6.45) is 2.27. The molecule has 1 fully saturated rings. The molecule has 2 aromatic rings. The number of hydrogen-bond acceptors (Lipinski definition) is 5. The van der Waals surface area contributed by atoms with Crippen LogP contribution in [-0.2, 0) is 0 Å². The maximum absolute atomic E-state index is 11.2.